The van der Waals surface area contributed by atoms with Crippen molar-refractivity contribution in [3.05, 3.63) is 35.1 Å². The predicted molar refractivity (Wildman–Crippen MR) is 72.1 cm³/mol. The topological polar surface area (TPSA) is 56.8 Å². The zero-order chi connectivity index (χ0) is 14.8. The van der Waals surface area contributed by atoms with Gasteiger partial charge in [0.2, 0.25) is 0 Å². The average Bonchev–Trinajstić information content (AvgIpc) is 2.45. The molecule has 112 valence electrons. The first-order valence-corrected chi connectivity index (χ1v) is 6.33. The van der Waals surface area contributed by atoms with Crippen LogP contribution in [0.25, 0.3) is 0 Å². The number of nitrogens with one attached hydrogen (secondary N) is 1. The SMILES string of the molecule is COCCOCCNCc1ccc(C(=O)OC)c(F)c1. The van der Waals surface area contributed by atoms with Crippen molar-refractivity contribution >= 4 is 5.97 Å². The molecule has 0 aromatic heterocycles. The molecule has 0 saturated carbocycles. The predicted octanol–water partition coefficient (Wildman–Crippen LogP) is 1.36. The van der Waals surface area contributed by atoms with Crippen molar-refractivity contribution < 1.29 is 23.4 Å². The molecule has 5 nitrogen and oxygen atoms in total. The van der Waals surface area contributed by atoms with Gasteiger partial charge in [-0.15, -0.1) is 0 Å². The lowest BCUT2D eigenvalue weighted by Crippen LogP contribution is -2.20. The molecular weight excluding hydrogens is 265 g/mol. The smallest absolute Gasteiger partial charge is 0.340 e. The van der Waals surface area contributed by atoms with E-state index < -0.39 is 11.8 Å². The van der Waals surface area contributed by atoms with Crippen LogP contribution in [0.5, 0.6) is 0 Å². The molecule has 0 spiro atoms. The minimum Gasteiger partial charge on any atom is -0.465 e. The number of halogens is 1. The highest BCUT2D eigenvalue weighted by Crippen LogP contribution is 2.11. The zero-order valence-electron chi connectivity index (χ0n) is 11.8. The Bertz CT molecular complexity index is 426. The minimum atomic E-state index is -0.673. The third-order valence-electron chi connectivity index (χ3n) is 2.62. The molecule has 0 radical (unpaired) electrons. The van der Waals surface area contributed by atoms with Crippen molar-refractivity contribution in [3.8, 4) is 0 Å². The number of methoxy groups -OCH3 is 2. The number of benzene rings is 1. The molecule has 6 heteroatoms. The zero-order valence-corrected chi connectivity index (χ0v) is 11.8. The number of esters is 1. The maximum atomic E-state index is 13.6. The Balaban J connectivity index is 2.31. The van der Waals surface area contributed by atoms with Crippen LogP contribution < -0.4 is 5.32 Å². The van der Waals surface area contributed by atoms with E-state index in [1.54, 1.807) is 13.2 Å². The Hall–Kier alpha value is -1.50. The molecule has 0 aliphatic rings. The summed E-state index contributed by atoms with van der Waals surface area (Å²) in [6.45, 7) is 2.85. The van der Waals surface area contributed by atoms with E-state index in [0.29, 0.717) is 32.9 Å². The Kier molecular flexibility index (Phi) is 7.79. The molecule has 0 saturated heterocycles. The van der Waals surface area contributed by atoms with Crippen LogP contribution in [0.15, 0.2) is 18.2 Å². The van der Waals surface area contributed by atoms with E-state index in [1.165, 1.54) is 19.2 Å². The van der Waals surface area contributed by atoms with E-state index in [1.807, 2.05) is 0 Å². The van der Waals surface area contributed by atoms with Gasteiger partial charge in [-0.25, -0.2) is 9.18 Å². The van der Waals surface area contributed by atoms with E-state index in [2.05, 4.69) is 10.1 Å². The molecule has 20 heavy (non-hydrogen) atoms. The number of hydrogen-bond donors (Lipinski definition) is 1. The summed E-state index contributed by atoms with van der Waals surface area (Å²) < 4.78 is 28.2. The third kappa shape index (κ3) is 5.64. The lowest BCUT2D eigenvalue weighted by Gasteiger charge is -2.07. The van der Waals surface area contributed by atoms with Crippen LogP contribution in [0.1, 0.15) is 15.9 Å². The fourth-order valence-electron chi connectivity index (χ4n) is 1.57. The van der Waals surface area contributed by atoms with Crippen molar-refractivity contribution in [2.24, 2.45) is 0 Å². The molecule has 0 aliphatic heterocycles. The molecule has 0 atom stereocenters. The molecule has 1 N–H and O–H groups in total. The van der Waals surface area contributed by atoms with Crippen molar-refractivity contribution in [1.29, 1.82) is 0 Å². The first-order chi connectivity index (χ1) is 9.69. The highest BCUT2D eigenvalue weighted by molar-refractivity contribution is 5.89. The van der Waals surface area contributed by atoms with Crippen LogP contribution in [-0.2, 0) is 20.8 Å². The van der Waals surface area contributed by atoms with Gasteiger partial charge in [0.15, 0.2) is 0 Å². The standard InChI is InChI=1S/C14H20FNO4/c1-18-7-8-20-6-5-16-10-11-3-4-12(13(15)9-11)14(17)19-2/h3-4,9,16H,5-8,10H2,1-2H3. The van der Waals surface area contributed by atoms with Gasteiger partial charge in [-0.1, -0.05) is 6.07 Å². The molecule has 1 aromatic carbocycles. The number of hydrogen-bond acceptors (Lipinski definition) is 5. The summed E-state index contributed by atoms with van der Waals surface area (Å²) in [5.41, 5.74) is 0.700. The van der Waals surface area contributed by atoms with Crippen molar-refractivity contribution in [1.82, 2.24) is 5.32 Å². The van der Waals surface area contributed by atoms with Gasteiger partial charge < -0.3 is 19.5 Å². The van der Waals surface area contributed by atoms with Gasteiger partial charge in [0, 0.05) is 20.2 Å². The van der Waals surface area contributed by atoms with E-state index in [0.717, 1.165) is 5.56 Å². The number of carbonyl (C=O) groups is 1. The summed E-state index contributed by atoms with van der Waals surface area (Å²) in [6, 6.07) is 4.44. The maximum absolute atomic E-state index is 13.6. The van der Waals surface area contributed by atoms with Crippen LogP contribution in [0.3, 0.4) is 0 Å². The van der Waals surface area contributed by atoms with Crippen molar-refractivity contribution in [3.63, 3.8) is 0 Å². The Labute approximate surface area is 118 Å². The van der Waals surface area contributed by atoms with Crippen LogP contribution in [0.4, 0.5) is 4.39 Å². The lowest BCUT2D eigenvalue weighted by molar-refractivity contribution is 0.0595. The van der Waals surface area contributed by atoms with Gasteiger partial charge in [-0.05, 0) is 17.7 Å². The third-order valence-corrected chi connectivity index (χ3v) is 2.62. The molecule has 0 bridgehead atoms. The fraction of sp³-hybridized carbons (Fsp3) is 0.500. The number of ether oxygens (including phenoxy) is 3. The van der Waals surface area contributed by atoms with Gasteiger partial charge in [-0.2, -0.15) is 0 Å². The summed E-state index contributed by atoms with van der Waals surface area (Å²) in [4.78, 5) is 11.2. The van der Waals surface area contributed by atoms with Gasteiger partial charge in [0.25, 0.3) is 0 Å². The van der Waals surface area contributed by atoms with Crippen LogP contribution in [-0.4, -0.2) is 46.6 Å². The Morgan fingerprint density at radius 3 is 2.70 bits per heavy atom. The summed E-state index contributed by atoms with van der Waals surface area (Å²) >= 11 is 0. The average molecular weight is 285 g/mol. The first-order valence-electron chi connectivity index (χ1n) is 6.33. The molecule has 1 aromatic rings. The molecule has 0 fully saturated rings. The Morgan fingerprint density at radius 2 is 2.05 bits per heavy atom. The second-order valence-corrected chi connectivity index (χ2v) is 4.09. The van der Waals surface area contributed by atoms with Crippen molar-refractivity contribution in [2.75, 3.05) is 40.6 Å². The van der Waals surface area contributed by atoms with Gasteiger partial charge >= 0.3 is 5.97 Å². The van der Waals surface area contributed by atoms with E-state index in [-0.39, 0.29) is 5.56 Å². The minimum absolute atomic E-state index is 0.0563. The fourth-order valence-corrected chi connectivity index (χ4v) is 1.57. The second-order valence-electron chi connectivity index (χ2n) is 4.09. The molecule has 0 aliphatic carbocycles. The van der Waals surface area contributed by atoms with Crippen LogP contribution >= 0.6 is 0 Å². The molecular formula is C14H20FNO4. The van der Waals surface area contributed by atoms with E-state index >= 15 is 0 Å². The Morgan fingerprint density at radius 1 is 1.25 bits per heavy atom. The number of rotatable bonds is 9. The lowest BCUT2D eigenvalue weighted by atomic mass is 10.1. The van der Waals surface area contributed by atoms with E-state index in [9.17, 15) is 9.18 Å². The highest BCUT2D eigenvalue weighted by Gasteiger charge is 2.11. The van der Waals surface area contributed by atoms with Gasteiger partial charge in [-0.3, -0.25) is 0 Å². The second kappa shape index (κ2) is 9.41. The summed E-state index contributed by atoms with van der Waals surface area (Å²) in [6.07, 6.45) is 0. The van der Waals surface area contributed by atoms with Crippen LogP contribution in [0, 0.1) is 5.82 Å². The normalized spacial score (nSPS) is 10.6. The highest BCUT2D eigenvalue weighted by atomic mass is 19.1. The summed E-state index contributed by atoms with van der Waals surface area (Å²) in [7, 11) is 2.84. The van der Waals surface area contributed by atoms with Gasteiger partial charge in [0.1, 0.15) is 5.82 Å². The molecule has 1 rings (SSSR count). The molecule has 0 amide bonds. The summed E-state index contributed by atoms with van der Waals surface area (Å²) in [5.74, 6) is -1.25. The molecule has 0 heterocycles. The summed E-state index contributed by atoms with van der Waals surface area (Å²) in [5, 5.41) is 3.12. The molecule has 0 unspecified atom stereocenters. The monoisotopic (exact) mass is 285 g/mol. The maximum Gasteiger partial charge on any atom is 0.340 e. The quantitative estimate of drug-likeness (QED) is 0.548. The van der Waals surface area contributed by atoms with Crippen molar-refractivity contribution in [2.45, 2.75) is 6.54 Å². The van der Waals surface area contributed by atoms with Crippen LogP contribution in [0.2, 0.25) is 0 Å². The van der Waals surface area contributed by atoms with Gasteiger partial charge in [0.05, 0.1) is 32.5 Å². The largest absolute Gasteiger partial charge is 0.465 e. The van der Waals surface area contributed by atoms with E-state index in [4.69, 9.17) is 9.47 Å². The number of carbonyl (C=O) groups excluding carboxylic acids is 1. The first kappa shape index (κ1) is 16.6.